The van der Waals surface area contributed by atoms with Crippen molar-refractivity contribution < 1.29 is 9.53 Å². The number of likely N-dealkylation sites (N-methyl/N-ethyl adjacent to an activating group) is 1. The van der Waals surface area contributed by atoms with Gasteiger partial charge in [-0.15, -0.1) is 0 Å². The Morgan fingerprint density at radius 2 is 1.84 bits per heavy atom. The van der Waals surface area contributed by atoms with E-state index in [2.05, 4.69) is 5.32 Å². The van der Waals surface area contributed by atoms with Crippen LogP contribution < -0.4 is 5.32 Å². The van der Waals surface area contributed by atoms with Gasteiger partial charge in [0.05, 0.1) is 6.04 Å². The monoisotopic (exact) mass is 268 g/mol. The van der Waals surface area contributed by atoms with Crippen molar-refractivity contribution in [2.45, 2.75) is 58.1 Å². The van der Waals surface area contributed by atoms with Gasteiger partial charge in [0.25, 0.3) is 0 Å². The molecule has 2 fully saturated rings. The fourth-order valence-electron chi connectivity index (χ4n) is 3.45. The molecule has 1 aliphatic carbocycles. The van der Waals surface area contributed by atoms with Crippen LogP contribution in [0.3, 0.4) is 0 Å². The van der Waals surface area contributed by atoms with E-state index in [9.17, 15) is 4.79 Å². The SMILES string of the molecule is CN(C(=O)OC(C)(C)C)[C@@H]1CNCC1C1CCCC1. The maximum atomic E-state index is 12.2. The molecule has 1 aliphatic heterocycles. The van der Waals surface area contributed by atoms with Crippen molar-refractivity contribution in [1.29, 1.82) is 0 Å². The predicted molar refractivity (Wildman–Crippen MR) is 76.1 cm³/mol. The van der Waals surface area contributed by atoms with E-state index in [0.717, 1.165) is 19.0 Å². The lowest BCUT2D eigenvalue weighted by molar-refractivity contribution is 0.0177. The second-order valence-corrected chi connectivity index (χ2v) is 7.03. The Morgan fingerprint density at radius 3 is 2.42 bits per heavy atom. The van der Waals surface area contributed by atoms with Crippen LogP contribution in [-0.4, -0.2) is 42.8 Å². The fourth-order valence-corrected chi connectivity index (χ4v) is 3.45. The number of hydrogen-bond donors (Lipinski definition) is 1. The highest BCUT2D eigenvalue weighted by Gasteiger charge is 2.39. The van der Waals surface area contributed by atoms with Gasteiger partial charge in [-0.05, 0) is 32.6 Å². The zero-order chi connectivity index (χ0) is 14.0. The summed E-state index contributed by atoms with van der Waals surface area (Å²) in [5.41, 5.74) is -0.416. The molecule has 2 atom stereocenters. The summed E-state index contributed by atoms with van der Waals surface area (Å²) < 4.78 is 5.48. The van der Waals surface area contributed by atoms with Crippen LogP contribution in [-0.2, 0) is 4.74 Å². The van der Waals surface area contributed by atoms with Crippen LogP contribution in [0.4, 0.5) is 4.79 Å². The zero-order valence-electron chi connectivity index (χ0n) is 12.7. The molecule has 2 aliphatic rings. The van der Waals surface area contributed by atoms with Gasteiger partial charge in [0.2, 0.25) is 0 Å². The standard InChI is InChI=1S/C15H28N2O2/c1-15(2,3)19-14(18)17(4)13-10-16-9-12(13)11-7-5-6-8-11/h11-13,16H,5-10H2,1-4H3/t12?,13-/m1/s1. The summed E-state index contributed by atoms with van der Waals surface area (Å²) in [6.45, 7) is 7.69. The van der Waals surface area contributed by atoms with E-state index >= 15 is 0 Å². The Bertz CT molecular complexity index is 319. The third-order valence-electron chi connectivity index (χ3n) is 4.41. The van der Waals surface area contributed by atoms with Crippen LogP contribution in [0.15, 0.2) is 0 Å². The third kappa shape index (κ3) is 3.62. The molecule has 1 saturated carbocycles. The molecule has 1 heterocycles. The number of rotatable bonds is 2. The van der Waals surface area contributed by atoms with Gasteiger partial charge in [0.1, 0.15) is 5.60 Å². The largest absolute Gasteiger partial charge is 0.444 e. The van der Waals surface area contributed by atoms with E-state index in [1.54, 1.807) is 0 Å². The van der Waals surface area contributed by atoms with Crippen LogP contribution in [0, 0.1) is 11.8 Å². The molecular weight excluding hydrogens is 240 g/mol. The predicted octanol–water partition coefficient (Wildman–Crippen LogP) is 2.63. The molecule has 0 radical (unpaired) electrons. The molecule has 2 rings (SSSR count). The lowest BCUT2D eigenvalue weighted by Gasteiger charge is -2.33. The van der Waals surface area contributed by atoms with Gasteiger partial charge in [-0.25, -0.2) is 4.79 Å². The zero-order valence-corrected chi connectivity index (χ0v) is 12.7. The molecule has 0 bridgehead atoms. The Kier molecular flexibility index (Phi) is 4.39. The Balaban J connectivity index is 1.96. The smallest absolute Gasteiger partial charge is 0.410 e. The molecule has 19 heavy (non-hydrogen) atoms. The minimum Gasteiger partial charge on any atom is -0.444 e. The van der Waals surface area contributed by atoms with Crippen molar-refractivity contribution in [3.63, 3.8) is 0 Å². The normalized spacial score (nSPS) is 28.6. The van der Waals surface area contributed by atoms with E-state index in [-0.39, 0.29) is 12.1 Å². The van der Waals surface area contributed by atoms with E-state index < -0.39 is 5.60 Å². The van der Waals surface area contributed by atoms with E-state index in [4.69, 9.17) is 4.74 Å². The molecular formula is C15H28N2O2. The first-order valence-corrected chi connectivity index (χ1v) is 7.55. The van der Waals surface area contributed by atoms with Crippen LogP contribution in [0.2, 0.25) is 0 Å². The molecule has 110 valence electrons. The Morgan fingerprint density at radius 1 is 1.21 bits per heavy atom. The molecule has 4 heteroatoms. The molecule has 1 amide bonds. The number of ether oxygens (including phenoxy) is 1. The number of nitrogens with zero attached hydrogens (tertiary/aromatic N) is 1. The van der Waals surface area contributed by atoms with Crippen molar-refractivity contribution in [2.75, 3.05) is 20.1 Å². The number of amides is 1. The molecule has 1 N–H and O–H groups in total. The van der Waals surface area contributed by atoms with Crippen LogP contribution in [0.25, 0.3) is 0 Å². The first-order chi connectivity index (χ1) is 8.88. The van der Waals surface area contributed by atoms with E-state index in [0.29, 0.717) is 5.92 Å². The van der Waals surface area contributed by atoms with Crippen molar-refractivity contribution in [3.05, 3.63) is 0 Å². The average Bonchev–Trinajstić information content (AvgIpc) is 2.96. The van der Waals surface area contributed by atoms with Crippen molar-refractivity contribution in [3.8, 4) is 0 Å². The maximum Gasteiger partial charge on any atom is 0.410 e. The summed E-state index contributed by atoms with van der Waals surface area (Å²) in [5, 5.41) is 3.45. The number of nitrogens with one attached hydrogen (secondary N) is 1. The summed E-state index contributed by atoms with van der Waals surface area (Å²) in [4.78, 5) is 14.0. The van der Waals surface area contributed by atoms with Gasteiger partial charge in [0.15, 0.2) is 0 Å². The van der Waals surface area contributed by atoms with Crippen molar-refractivity contribution in [2.24, 2.45) is 11.8 Å². The minimum atomic E-state index is -0.416. The Labute approximate surface area is 116 Å². The topological polar surface area (TPSA) is 41.6 Å². The van der Waals surface area contributed by atoms with Crippen LogP contribution in [0.1, 0.15) is 46.5 Å². The summed E-state index contributed by atoms with van der Waals surface area (Å²) >= 11 is 0. The number of hydrogen-bond acceptors (Lipinski definition) is 3. The summed E-state index contributed by atoms with van der Waals surface area (Å²) in [5.74, 6) is 1.38. The molecule has 0 aromatic rings. The quantitative estimate of drug-likeness (QED) is 0.837. The highest BCUT2D eigenvalue weighted by Crippen LogP contribution is 2.36. The molecule has 0 aromatic heterocycles. The summed E-state index contributed by atoms with van der Waals surface area (Å²) in [7, 11) is 1.88. The van der Waals surface area contributed by atoms with Gasteiger partial charge in [-0.3, -0.25) is 0 Å². The summed E-state index contributed by atoms with van der Waals surface area (Å²) in [6.07, 6.45) is 5.16. The van der Waals surface area contributed by atoms with Gasteiger partial charge >= 0.3 is 6.09 Å². The number of carbonyl (C=O) groups excluding carboxylic acids is 1. The lowest BCUT2D eigenvalue weighted by atomic mass is 9.86. The van der Waals surface area contributed by atoms with E-state index in [1.807, 2.05) is 32.7 Å². The lowest BCUT2D eigenvalue weighted by Crippen LogP contribution is -2.45. The molecule has 4 nitrogen and oxygen atoms in total. The van der Waals surface area contributed by atoms with Crippen LogP contribution in [0.5, 0.6) is 0 Å². The van der Waals surface area contributed by atoms with Gasteiger partial charge in [0, 0.05) is 20.1 Å². The minimum absolute atomic E-state index is 0.191. The van der Waals surface area contributed by atoms with Gasteiger partial charge in [-0.1, -0.05) is 25.7 Å². The summed E-state index contributed by atoms with van der Waals surface area (Å²) in [6, 6.07) is 0.290. The molecule has 1 saturated heterocycles. The second kappa shape index (κ2) is 5.70. The van der Waals surface area contributed by atoms with Gasteiger partial charge in [-0.2, -0.15) is 0 Å². The molecule has 0 aromatic carbocycles. The van der Waals surface area contributed by atoms with Crippen molar-refractivity contribution >= 4 is 6.09 Å². The first-order valence-electron chi connectivity index (χ1n) is 7.55. The van der Waals surface area contributed by atoms with Crippen LogP contribution >= 0.6 is 0 Å². The van der Waals surface area contributed by atoms with Crippen molar-refractivity contribution in [1.82, 2.24) is 10.2 Å². The first kappa shape index (κ1) is 14.6. The number of carbonyl (C=O) groups is 1. The average molecular weight is 268 g/mol. The third-order valence-corrected chi connectivity index (χ3v) is 4.41. The van der Waals surface area contributed by atoms with Gasteiger partial charge < -0.3 is 15.0 Å². The maximum absolute atomic E-state index is 12.2. The van der Waals surface area contributed by atoms with E-state index in [1.165, 1.54) is 25.7 Å². The molecule has 1 unspecified atom stereocenters. The Hall–Kier alpha value is -0.770. The highest BCUT2D eigenvalue weighted by atomic mass is 16.6. The fraction of sp³-hybridized carbons (Fsp3) is 0.933. The molecule has 0 spiro atoms. The second-order valence-electron chi connectivity index (χ2n) is 7.03. The highest BCUT2D eigenvalue weighted by molar-refractivity contribution is 5.68.